The molecule has 1 aliphatic rings. The molecule has 0 aliphatic carbocycles. The van der Waals surface area contributed by atoms with E-state index in [0.29, 0.717) is 17.0 Å². The molecule has 2 aromatic heterocycles. The number of fused-ring (bicyclic) bond motifs is 1. The van der Waals surface area contributed by atoms with Gasteiger partial charge < -0.3 is 30.1 Å². The van der Waals surface area contributed by atoms with Crippen LogP contribution in [-0.4, -0.2) is 66.9 Å². The fourth-order valence-electron chi connectivity index (χ4n) is 3.43. The van der Waals surface area contributed by atoms with E-state index in [-0.39, 0.29) is 6.04 Å². The van der Waals surface area contributed by atoms with Gasteiger partial charge in [0, 0.05) is 0 Å². The van der Waals surface area contributed by atoms with Crippen LogP contribution in [0.4, 0.5) is 5.82 Å². The van der Waals surface area contributed by atoms with Crippen molar-refractivity contribution in [2.75, 3.05) is 19.0 Å². The summed E-state index contributed by atoms with van der Waals surface area (Å²) < 4.78 is 12.3. The normalized spacial score (nSPS) is 25.3. The molecule has 0 amide bonds. The Morgan fingerprint density at radius 3 is 2.59 bits per heavy atom. The fraction of sp³-hybridized carbons (Fsp3) is 0.421. The molecule has 4 N–H and O–H groups in total. The highest BCUT2D eigenvalue weighted by Gasteiger charge is 2.44. The number of methoxy groups -OCH3 is 1. The lowest BCUT2D eigenvalue weighted by Gasteiger charge is -2.17. The van der Waals surface area contributed by atoms with Gasteiger partial charge in [0.05, 0.1) is 26.1 Å². The molecule has 29 heavy (non-hydrogen) atoms. The smallest absolute Gasteiger partial charge is 0.167 e. The molecule has 1 saturated heterocycles. The first kappa shape index (κ1) is 19.5. The molecular weight excluding hydrogens is 378 g/mol. The molecule has 4 rings (SSSR count). The first-order valence-corrected chi connectivity index (χ1v) is 9.24. The van der Waals surface area contributed by atoms with Crippen LogP contribution in [0, 0.1) is 0 Å². The molecule has 0 unspecified atom stereocenters. The van der Waals surface area contributed by atoms with Gasteiger partial charge in [0.1, 0.15) is 30.4 Å². The number of aromatic nitrogens is 4. The van der Waals surface area contributed by atoms with E-state index >= 15 is 0 Å². The van der Waals surface area contributed by atoms with Crippen molar-refractivity contribution in [1.29, 1.82) is 0 Å². The third kappa shape index (κ3) is 3.51. The number of aliphatic hydroxyl groups is 3. The van der Waals surface area contributed by atoms with Crippen LogP contribution in [-0.2, 0) is 4.74 Å². The average molecular weight is 401 g/mol. The van der Waals surface area contributed by atoms with Gasteiger partial charge in [-0.3, -0.25) is 4.57 Å². The van der Waals surface area contributed by atoms with Gasteiger partial charge in [-0.2, -0.15) is 0 Å². The van der Waals surface area contributed by atoms with E-state index in [1.807, 2.05) is 31.2 Å². The van der Waals surface area contributed by atoms with Crippen LogP contribution in [0.5, 0.6) is 5.75 Å². The molecule has 5 atom stereocenters. The van der Waals surface area contributed by atoms with Gasteiger partial charge >= 0.3 is 0 Å². The Labute approximate surface area is 166 Å². The standard InChI is InChI=1S/C19H23N5O5/c1-10(11-3-5-12(28-2)6-4-11)23-17-14-18(21-8-20-17)24(9-22-14)19-16(27)15(26)13(7-25)29-19/h3-6,8-10,13,15-16,19,25-27H,7H2,1-2H3,(H,20,21,23)/t10-,13-,15-,16-,19-/m1/s1. The highest BCUT2D eigenvalue weighted by Crippen LogP contribution is 2.32. The molecule has 10 heteroatoms. The highest BCUT2D eigenvalue weighted by atomic mass is 16.6. The molecule has 10 nitrogen and oxygen atoms in total. The Hall–Kier alpha value is -2.79. The van der Waals surface area contributed by atoms with E-state index in [1.54, 1.807) is 7.11 Å². The Balaban J connectivity index is 1.60. The predicted molar refractivity (Wildman–Crippen MR) is 103 cm³/mol. The van der Waals surface area contributed by atoms with E-state index in [9.17, 15) is 15.3 Å². The van der Waals surface area contributed by atoms with Gasteiger partial charge in [-0.15, -0.1) is 0 Å². The van der Waals surface area contributed by atoms with Crippen molar-refractivity contribution < 1.29 is 24.8 Å². The van der Waals surface area contributed by atoms with E-state index in [2.05, 4.69) is 20.3 Å². The van der Waals surface area contributed by atoms with E-state index in [1.165, 1.54) is 17.2 Å². The Bertz CT molecular complexity index is 979. The second-order valence-electron chi connectivity index (χ2n) is 6.91. The largest absolute Gasteiger partial charge is 0.497 e. The summed E-state index contributed by atoms with van der Waals surface area (Å²) in [6.07, 6.45) is -1.32. The van der Waals surface area contributed by atoms with Crippen molar-refractivity contribution in [2.45, 2.75) is 37.5 Å². The average Bonchev–Trinajstić information content (AvgIpc) is 3.30. The minimum atomic E-state index is -1.21. The summed E-state index contributed by atoms with van der Waals surface area (Å²) in [5, 5.41) is 32.9. The summed E-state index contributed by atoms with van der Waals surface area (Å²) in [6.45, 7) is 1.60. The number of hydrogen-bond donors (Lipinski definition) is 4. The molecular formula is C19H23N5O5. The van der Waals surface area contributed by atoms with Crippen molar-refractivity contribution in [3.05, 3.63) is 42.5 Å². The lowest BCUT2D eigenvalue weighted by Crippen LogP contribution is -2.33. The maximum absolute atomic E-state index is 10.3. The molecule has 0 saturated carbocycles. The van der Waals surface area contributed by atoms with E-state index in [0.717, 1.165) is 11.3 Å². The van der Waals surface area contributed by atoms with Crippen molar-refractivity contribution in [1.82, 2.24) is 19.5 Å². The number of rotatable bonds is 6. The Morgan fingerprint density at radius 2 is 1.93 bits per heavy atom. The maximum Gasteiger partial charge on any atom is 0.167 e. The van der Waals surface area contributed by atoms with Crippen LogP contribution in [0.1, 0.15) is 24.8 Å². The number of imidazole rings is 1. The van der Waals surface area contributed by atoms with Crippen LogP contribution in [0.25, 0.3) is 11.2 Å². The molecule has 1 aliphatic heterocycles. The molecule has 1 aromatic carbocycles. The predicted octanol–water partition coefficient (Wildman–Crippen LogP) is 0.619. The summed E-state index contributed by atoms with van der Waals surface area (Å²) in [5.74, 6) is 1.31. The van der Waals surface area contributed by atoms with Crippen LogP contribution < -0.4 is 10.1 Å². The Morgan fingerprint density at radius 1 is 1.17 bits per heavy atom. The molecule has 154 valence electrons. The SMILES string of the molecule is COc1ccc([C@@H](C)Nc2ncnc3c2ncn3[C@@H]2O[C@H](CO)[C@@H](O)[C@H]2O)cc1. The summed E-state index contributed by atoms with van der Waals surface area (Å²) in [4.78, 5) is 12.9. The molecule has 0 radical (unpaired) electrons. The van der Waals surface area contributed by atoms with Crippen LogP contribution in [0.15, 0.2) is 36.9 Å². The minimum Gasteiger partial charge on any atom is -0.497 e. The number of benzene rings is 1. The van der Waals surface area contributed by atoms with Gasteiger partial charge in [0.25, 0.3) is 0 Å². The zero-order valence-corrected chi connectivity index (χ0v) is 16.0. The lowest BCUT2D eigenvalue weighted by atomic mass is 10.1. The van der Waals surface area contributed by atoms with Gasteiger partial charge in [-0.1, -0.05) is 12.1 Å². The Kier molecular flexibility index (Phi) is 5.33. The molecule has 3 aromatic rings. The zero-order chi connectivity index (χ0) is 20.5. The number of nitrogens with zero attached hydrogens (tertiary/aromatic N) is 4. The number of anilines is 1. The summed E-state index contributed by atoms with van der Waals surface area (Å²) in [7, 11) is 1.62. The van der Waals surface area contributed by atoms with Gasteiger partial charge in [-0.05, 0) is 24.6 Å². The van der Waals surface area contributed by atoms with E-state index < -0.39 is 31.1 Å². The van der Waals surface area contributed by atoms with Crippen molar-refractivity contribution >= 4 is 17.0 Å². The zero-order valence-electron chi connectivity index (χ0n) is 16.0. The quantitative estimate of drug-likeness (QED) is 0.469. The molecule has 1 fully saturated rings. The summed E-state index contributed by atoms with van der Waals surface area (Å²) in [5.41, 5.74) is 1.99. The number of ether oxygens (including phenoxy) is 2. The van der Waals surface area contributed by atoms with Crippen molar-refractivity contribution in [3.63, 3.8) is 0 Å². The summed E-state index contributed by atoms with van der Waals surface area (Å²) in [6, 6.07) is 7.65. The lowest BCUT2D eigenvalue weighted by molar-refractivity contribution is -0.0511. The molecule has 0 spiro atoms. The van der Waals surface area contributed by atoms with Crippen molar-refractivity contribution in [3.8, 4) is 5.75 Å². The number of hydrogen-bond acceptors (Lipinski definition) is 9. The van der Waals surface area contributed by atoms with Gasteiger partial charge in [0.2, 0.25) is 0 Å². The van der Waals surface area contributed by atoms with E-state index in [4.69, 9.17) is 9.47 Å². The van der Waals surface area contributed by atoms with Crippen LogP contribution in [0.2, 0.25) is 0 Å². The highest BCUT2D eigenvalue weighted by molar-refractivity contribution is 5.82. The topological polar surface area (TPSA) is 135 Å². The van der Waals surface area contributed by atoms with Crippen molar-refractivity contribution in [2.24, 2.45) is 0 Å². The summed E-state index contributed by atoms with van der Waals surface area (Å²) >= 11 is 0. The van der Waals surface area contributed by atoms with Gasteiger partial charge in [-0.25, -0.2) is 15.0 Å². The number of nitrogens with one attached hydrogen (secondary N) is 1. The monoisotopic (exact) mass is 401 g/mol. The third-order valence-corrected chi connectivity index (χ3v) is 5.12. The van der Waals surface area contributed by atoms with Crippen LogP contribution in [0.3, 0.4) is 0 Å². The second-order valence-corrected chi connectivity index (χ2v) is 6.91. The first-order chi connectivity index (χ1) is 14.0. The third-order valence-electron chi connectivity index (χ3n) is 5.12. The first-order valence-electron chi connectivity index (χ1n) is 9.24. The minimum absolute atomic E-state index is 0.0573. The second kappa shape index (κ2) is 7.91. The fourth-order valence-corrected chi connectivity index (χ4v) is 3.43. The van der Waals surface area contributed by atoms with Gasteiger partial charge in [0.15, 0.2) is 23.2 Å². The molecule has 0 bridgehead atoms. The van der Waals surface area contributed by atoms with Crippen LogP contribution >= 0.6 is 0 Å². The number of aliphatic hydroxyl groups excluding tert-OH is 3. The molecule has 3 heterocycles. The maximum atomic E-state index is 10.3.